The van der Waals surface area contributed by atoms with Gasteiger partial charge in [0.05, 0.1) is 6.54 Å². The summed E-state index contributed by atoms with van der Waals surface area (Å²) in [4.78, 5) is 23.2. The first-order chi connectivity index (χ1) is 8.65. The smallest absolute Gasteiger partial charge is 0.251 e. The Hall–Kier alpha value is -1.84. The molecule has 1 amide bonds. The van der Waals surface area contributed by atoms with E-state index in [1.165, 1.54) is 0 Å². The molecule has 0 radical (unpaired) electrons. The number of hydrogen-bond acceptors (Lipinski definition) is 3. The van der Waals surface area contributed by atoms with Crippen LogP contribution < -0.4 is 10.6 Å². The van der Waals surface area contributed by atoms with E-state index in [-0.39, 0.29) is 17.6 Å². The number of anilines is 1. The van der Waals surface area contributed by atoms with Gasteiger partial charge in [0.15, 0.2) is 5.78 Å². The zero-order valence-electron chi connectivity index (χ0n) is 10.4. The van der Waals surface area contributed by atoms with Gasteiger partial charge >= 0.3 is 0 Å². The summed E-state index contributed by atoms with van der Waals surface area (Å²) in [6, 6.07) is 3.87. The van der Waals surface area contributed by atoms with Crippen LogP contribution in [0.4, 0.5) is 5.69 Å². The molecule has 2 aliphatic rings. The van der Waals surface area contributed by atoms with E-state index in [1.54, 1.807) is 0 Å². The fourth-order valence-electron chi connectivity index (χ4n) is 2.32. The molecule has 1 aliphatic heterocycles. The lowest BCUT2D eigenvalue weighted by atomic mass is 10.0. The molecule has 4 nitrogen and oxygen atoms in total. The minimum absolute atomic E-state index is 0.0263. The third-order valence-electron chi connectivity index (χ3n) is 3.62. The Morgan fingerprint density at radius 3 is 2.94 bits per heavy atom. The van der Waals surface area contributed by atoms with Gasteiger partial charge in [0.25, 0.3) is 5.91 Å². The first kappa shape index (κ1) is 11.3. The molecule has 0 bridgehead atoms. The molecular formula is C14H16N2O2. The largest absolute Gasteiger partial charge is 0.378 e. The molecule has 4 heteroatoms. The van der Waals surface area contributed by atoms with Gasteiger partial charge in [0.1, 0.15) is 0 Å². The van der Waals surface area contributed by atoms with Gasteiger partial charge in [0.2, 0.25) is 0 Å². The maximum absolute atomic E-state index is 11.6. The first-order valence-electron chi connectivity index (χ1n) is 6.33. The van der Waals surface area contributed by atoms with E-state index in [4.69, 9.17) is 0 Å². The Morgan fingerprint density at radius 2 is 2.22 bits per heavy atom. The number of aryl methyl sites for hydroxylation is 1. The van der Waals surface area contributed by atoms with Crippen LogP contribution >= 0.6 is 0 Å². The van der Waals surface area contributed by atoms with Gasteiger partial charge < -0.3 is 10.6 Å². The van der Waals surface area contributed by atoms with Gasteiger partial charge in [0, 0.05) is 23.7 Å². The number of benzene rings is 1. The summed E-state index contributed by atoms with van der Waals surface area (Å²) in [5, 5.41) is 5.95. The fraction of sp³-hybridized carbons (Fsp3) is 0.429. The number of Topliss-reactive ketones (excluding diaryl/α,β-unsaturated/α-hetero) is 1. The second-order valence-corrected chi connectivity index (χ2v) is 5.10. The maximum Gasteiger partial charge on any atom is 0.251 e. The monoisotopic (exact) mass is 244 g/mol. The molecule has 1 aliphatic carbocycles. The number of amides is 1. The topological polar surface area (TPSA) is 58.2 Å². The lowest BCUT2D eigenvalue weighted by molar-refractivity contribution is -0.118. The summed E-state index contributed by atoms with van der Waals surface area (Å²) in [6.07, 6.45) is 2.07. The van der Waals surface area contributed by atoms with Crippen molar-refractivity contribution in [2.75, 3.05) is 11.9 Å². The zero-order chi connectivity index (χ0) is 12.7. The lowest BCUT2D eigenvalue weighted by Crippen LogP contribution is -2.16. The summed E-state index contributed by atoms with van der Waals surface area (Å²) in [5.41, 5.74) is 3.73. The molecule has 0 saturated heterocycles. The molecule has 3 rings (SSSR count). The predicted octanol–water partition coefficient (Wildman–Crippen LogP) is 1.63. The SMILES string of the molecule is Cc1cc2c(cc1NCC(=O)C1CC1)C(=O)NC2. The lowest BCUT2D eigenvalue weighted by Gasteiger charge is -2.10. The standard InChI is InChI=1S/C14H16N2O2/c1-8-4-10-6-16-14(18)11(10)5-12(8)15-7-13(17)9-2-3-9/h4-5,9,15H,2-3,6-7H2,1H3,(H,16,18). The third-order valence-corrected chi connectivity index (χ3v) is 3.62. The minimum Gasteiger partial charge on any atom is -0.378 e. The quantitative estimate of drug-likeness (QED) is 0.846. The number of fused-ring (bicyclic) bond motifs is 1. The molecular weight excluding hydrogens is 228 g/mol. The molecule has 94 valence electrons. The van der Waals surface area contributed by atoms with E-state index in [9.17, 15) is 9.59 Å². The summed E-state index contributed by atoms with van der Waals surface area (Å²) < 4.78 is 0. The van der Waals surface area contributed by atoms with E-state index in [0.29, 0.717) is 13.1 Å². The van der Waals surface area contributed by atoms with E-state index < -0.39 is 0 Å². The van der Waals surface area contributed by atoms with Gasteiger partial charge in [-0.2, -0.15) is 0 Å². The second-order valence-electron chi connectivity index (χ2n) is 5.10. The molecule has 1 saturated carbocycles. The number of carbonyl (C=O) groups is 2. The van der Waals surface area contributed by atoms with Crippen LogP contribution in [0.1, 0.15) is 34.3 Å². The van der Waals surface area contributed by atoms with Crippen molar-refractivity contribution in [1.29, 1.82) is 0 Å². The Morgan fingerprint density at radius 1 is 1.44 bits per heavy atom. The van der Waals surface area contributed by atoms with Crippen LogP contribution in [-0.2, 0) is 11.3 Å². The van der Waals surface area contributed by atoms with Crippen molar-refractivity contribution in [2.24, 2.45) is 5.92 Å². The number of carbonyl (C=O) groups excluding carboxylic acids is 2. The number of ketones is 1. The molecule has 1 fully saturated rings. The highest BCUT2D eigenvalue weighted by Gasteiger charge is 2.29. The van der Waals surface area contributed by atoms with Gasteiger partial charge in [-0.15, -0.1) is 0 Å². The summed E-state index contributed by atoms with van der Waals surface area (Å²) in [5.74, 6) is 0.524. The Balaban J connectivity index is 1.77. The highest BCUT2D eigenvalue weighted by atomic mass is 16.2. The average Bonchev–Trinajstić information content (AvgIpc) is 3.13. The normalized spacial score (nSPS) is 17.3. The van der Waals surface area contributed by atoms with Crippen LogP contribution in [0.15, 0.2) is 12.1 Å². The first-order valence-corrected chi connectivity index (χ1v) is 6.33. The molecule has 1 heterocycles. The van der Waals surface area contributed by atoms with Crippen molar-refractivity contribution in [2.45, 2.75) is 26.3 Å². The van der Waals surface area contributed by atoms with Crippen molar-refractivity contribution in [3.63, 3.8) is 0 Å². The molecule has 0 aromatic heterocycles. The van der Waals surface area contributed by atoms with Crippen LogP contribution in [0.3, 0.4) is 0 Å². The molecule has 0 spiro atoms. The van der Waals surface area contributed by atoms with E-state index >= 15 is 0 Å². The molecule has 18 heavy (non-hydrogen) atoms. The Labute approximate surface area is 106 Å². The molecule has 2 N–H and O–H groups in total. The Kier molecular flexibility index (Phi) is 2.58. The summed E-state index contributed by atoms with van der Waals surface area (Å²) in [7, 11) is 0. The van der Waals surface area contributed by atoms with Gasteiger partial charge in [-0.05, 0) is 37.0 Å². The van der Waals surface area contributed by atoms with Crippen LogP contribution in [0, 0.1) is 12.8 Å². The van der Waals surface area contributed by atoms with Crippen LogP contribution in [-0.4, -0.2) is 18.2 Å². The van der Waals surface area contributed by atoms with E-state index in [0.717, 1.165) is 35.2 Å². The Bertz CT molecular complexity index is 533. The van der Waals surface area contributed by atoms with Crippen molar-refractivity contribution in [3.8, 4) is 0 Å². The van der Waals surface area contributed by atoms with Crippen molar-refractivity contribution in [1.82, 2.24) is 5.32 Å². The van der Waals surface area contributed by atoms with Crippen molar-refractivity contribution >= 4 is 17.4 Å². The molecule has 0 unspecified atom stereocenters. The predicted molar refractivity (Wildman–Crippen MR) is 68.6 cm³/mol. The van der Waals surface area contributed by atoms with Crippen LogP contribution in [0.2, 0.25) is 0 Å². The highest BCUT2D eigenvalue weighted by molar-refractivity contribution is 5.99. The molecule has 0 atom stereocenters. The van der Waals surface area contributed by atoms with Crippen LogP contribution in [0.5, 0.6) is 0 Å². The molecule has 1 aromatic carbocycles. The summed E-state index contributed by atoms with van der Waals surface area (Å²) in [6.45, 7) is 2.97. The van der Waals surface area contributed by atoms with Gasteiger partial charge in [-0.3, -0.25) is 9.59 Å². The fourth-order valence-corrected chi connectivity index (χ4v) is 2.32. The van der Waals surface area contributed by atoms with Crippen molar-refractivity contribution in [3.05, 3.63) is 28.8 Å². The van der Waals surface area contributed by atoms with E-state index in [1.807, 2.05) is 19.1 Å². The summed E-state index contributed by atoms with van der Waals surface area (Å²) >= 11 is 0. The van der Waals surface area contributed by atoms with Gasteiger partial charge in [-0.25, -0.2) is 0 Å². The third kappa shape index (κ3) is 1.98. The number of hydrogen-bond donors (Lipinski definition) is 2. The zero-order valence-corrected chi connectivity index (χ0v) is 10.4. The number of rotatable bonds is 4. The number of nitrogens with one attached hydrogen (secondary N) is 2. The second kappa shape index (κ2) is 4.12. The minimum atomic E-state index is -0.0263. The van der Waals surface area contributed by atoms with Gasteiger partial charge in [-0.1, -0.05) is 6.07 Å². The molecule has 1 aromatic rings. The highest BCUT2D eigenvalue weighted by Crippen LogP contribution is 2.30. The average molecular weight is 244 g/mol. The van der Waals surface area contributed by atoms with E-state index in [2.05, 4.69) is 10.6 Å². The van der Waals surface area contributed by atoms with Crippen LogP contribution in [0.25, 0.3) is 0 Å². The van der Waals surface area contributed by atoms with Crippen molar-refractivity contribution < 1.29 is 9.59 Å². The maximum atomic E-state index is 11.6.